The molecule has 0 amide bonds. The smallest absolute Gasteiger partial charge is 0.123 e. The van der Waals surface area contributed by atoms with Crippen molar-refractivity contribution in [1.29, 1.82) is 0 Å². The fraction of sp³-hybridized carbons (Fsp3) is 0.667. The molecule has 0 N–H and O–H groups in total. The minimum Gasteiger partial charge on any atom is -0.375 e. The van der Waals surface area contributed by atoms with E-state index in [2.05, 4.69) is 16.8 Å². The lowest BCUT2D eigenvalue weighted by Gasteiger charge is -2.36. The van der Waals surface area contributed by atoms with Gasteiger partial charge in [0.15, 0.2) is 0 Å². The van der Waals surface area contributed by atoms with E-state index in [0.29, 0.717) is 0 Å². The second-order valence-electron chi connectivity index (χ2n) is 6.63. The summed E-state index contributed by atoms with van der Waals surface area (Å²) in [6.07, 6.45) is 2.80. The van der Waals surface area contributed by atoms with Gasteiger partial charge in [-0.1, -0.05) is 12.1 Å². The Balaban J connectivity index is 1.41. The first-order valence-corrected chi connectivity index (χ1v) is 8.59. The predicted molar refractivity (Wildman–Crippen MR) is 87.9 cm³/mol. The Morgan fingerprint density at radius 3 is 2.70 bits per heavy atom. The molecule has 5 heteroatoms. The maximum atomic E-state index is 12.9. The molecule has 1 aromatic rings. The first-order chi connectivity index (χ1) is 11.2. The van der Waals surface area contributed by atoms with Crippen LogP contribution in [0.2, 0.25) is 0 Å². The van der Waals surface area contributed by atoms with E-state index in [1.807, 2.05) is 12.1 Å². The molecule has 0 radical (unpaired) electrons. The van der Waals surface area contributed by atoms with Crippen LogP contribution in [-0.4, -0.2) is 68.4 Å². The van der Waals surface area contributed by atoms with E-state index in [-0.39, 0.29) is 18.0 Å². The molecule has 128 valence electrons. The van der Waals surface area contributed by atoms with Gasteiger partial charge in [0, 0.05) is 39.3 Å². The summed E-state index contributed by atoms with van der Waals surface area (Å²) in [7, 11) is 2.11. The maximum Gasteiger partial charge on any atom is 0.123 e. The van der Waals surface area contributed by atoms with Gasteiger partial charge in [0.05, 0.1) is 18.8 Å². The number of likely N-dealkylation sites (N-methyl/N-ethyl adjacent to an activating group) is 1. The molecule has 2 fully saturated rings. The number of nitrogens with zero attached hydrogens (tertiary/aromatic N) is 2. The van der Waals surface area contributed by atoms with Crippen molar-refractivity contribution in [1.82, 2.24) is 9.80 Å². The summed E-state index contributed by atoms with van der Waals surface area (Å²) in [5.74, 6) is -0.176. The third-order valence-electron chi connectivity index (χ3n) is 4.72. The van der Waals surface area contributed by atoms with E-state index >= 15 is 0 Å². The Hall–Kier alpha value is -1.01. The van der Waals surface area contributed by atoms with E-state index < -0.39 is 0 Å². The van der Waals surface area contributed by atoms with Crippen molar-refractivity contribution in [2.75, 3.05) is 46.4 Å². The zero-order valence-electron chi connectivity index (χ0n) is 13.9. The van der Waals surface area contributed by atoms with Gasteiger partial charge in [-0.15, -0.1) is 0 Å². The van der Waals surface area contributed by atoms with Crippen LogP contribution in [0.1, 0.15) is 18.4 Å². The fourth-order valence-corrected chi connectivity index (χ4v) is 3.35. The highest BCUT2D eigenvalue weighted by molar-refractivity contribution is 5.15. The second-order valence-corrected chi connectivity index (χ2v) is 6.63. The molecule has 2 aliphatic rings. The van der Waals surface area contributed by atoms with Crippen LogP contribution in [0, 0.1) is 5.82 Å². The number of hydrogen-bond acceptors (Lipinski definition) is 4. The highest BCUT2D eigenvalue weighted by Gasteiger charge is 2.30. The van der Waals surface area contributed by atoms with Crippen molar-refractivity contribution >= 4 is 0 Å². The highest BCUT2D eigenvalue weighted by atomic mass is 19.1. The molecule has 2 aliphatic heterocycles. The molecule has 23 heavy (non-hydrogen) atoms. The fourth-order valence-electron chi connectivity index (χ4n) is 3.35. The average molecular weight is 322 g/mol. The molecule has 0 aromatic heterocycles. The third-order valence-corrected chi connectivity index (χ3v) is 4.72. The van der Waals surface area contributed by atoms with Crippen LogP contribution >= 0.6 is 0 Å². The van der Waals surface area contributed by atoms with Crippen LogP contribution in [0.4, 0.5) is 4.39 Å². The van der Waals surface area contributed by atoms with Crippen LogP contribution in [0.15, 0.2) is 24.3 Å². The normalized spacial score (nSPS) is 26.0. The molecule has 2 saturated heterocycles. The summed E-state index contributed by atoms with van der Waals surface area (Å²) >= 11 is 0. The Morgan fingerprint density at radius 1 is 1.17 bits per heavy atom. The zero-order chi connectivity index (χ0) is 16.1. The van der Waals surface area contributed by atoms with Gasteiger partial charge in [0.1, 0.15) is 5.82 Å². The topological polar surface area (TPSA) is 24.9 Å². The Labute approximate surface area is 138 Å². The number of ether oxygens (including phenoxy) is 2. The van der Waals surface area contributed by atoms with E-state index in [4.69, 9.17) is 9.47 Å². The molecule has 0 spiro atoms. The van der Waals surface area contributed by atoms with Gasteiger partial charge in [0.2, 0.25) is 0 Å². The molecular formula is C18H27FN2O2. The van der Waals surface area contributed by atoms with Crippen molar-refractivity contribution in [2.45, 2.75) is 31.6 Å². The highest BCUT2D eigenvalue weighted by Crippen LogP contribution is 2.20. The lowest BCUT2D eigenvalue weighted by molar-refractivity contribution is -0.0948. The molecule has 0 unspecified atom stereocenters. The van der Waals surface area contributed by atoms with Crippen molar-refractivity contribution in [3.63, 3.8) is 0 Å². The minimum absolute atomic E-state index is 0.176. The predicted octanol–water partition coefficient (Wildman–Crippen LogP) is 2.14. The summed E-state index contributed by atoms with van der Waals surface area (Å²) < 4.78 is 24.6. The summed E-state index contributed by atoms with van der Waals surface area (Å²) in [6.45, 7) is 6.51. The number of benzene rings is 1. The van der Waals surface area contributed by atoms with Gasteiger partial charge in [-0.05, 0) is 37.6 Å². The maximum absolute atomic E-state index is 12.9. The van der Waals surface area contributed by atoms with Gasteiger partial charge < -0.3 is 14.4 Å². The largest absolute Gasteiger partial charge is 0.375 e. The van der Waals surface area contributed by atoms with Crippen molar-refractivity contribution in [3.8, 4) is 0 Å². The van der Waals surface area contributed by atoms with E-state index in [1.165, 1.54) is 12.1 Å². The molecule has 0 saturated carbocycles. The lowest BCUT2D eigenvalue weighted by Crippen LogP contribution is -2.49. The second kappa shape index (κ2) is 8.20. The molecule has 0 bridgehead atoms. The first kappa shape index (κ1) is 16.8. The number of morpholine rings is 1. The van der Waals surface area contributed by atoms with E-state index in [0.717, 1.165) is 64.3 Å². The monoisotopic (exact) mass is 322 g/mol. The minimum atomic E-state index is -0.176. The number of hydrogen-bond donors (Lipinski definition) is 0. The van der Waals surface area contributed by atoms with Crippen LogP contribution in [0.3, 0.4) is 0 Å². The average Bonchev–Trinajstić information content (AvgIpc) is 3.10. The molecule has 2 atom stereocenters. The van der Waals surface area contributed by atoms with E-state index in [1.54, 1.807) is 0 Å². The molecule has 2 heterocycles. The van der Waals surface area contributed by atoms with E-state index in [9.17, 15) is 4.39 Å². The van der Waals surface area contributed by atoms with Crippen LogP contribution in [0.25, 0.3) is 0 Å². The Bertz CT molecular complexity index is 476. The molecule has 4 nitrogen and oxygen atoms in total. The number of rotatable bonds is 6. The van der Waals surface area contributed by atoms with Gasteiger partial charge in [-0.2, -0.15) is 0 Å². The zero-order valence-corrected chi connectivity index (χ0v) is 13.9. The molecular weight excluding hydrogens is 295 g/mol. The van der Waals surface area contributed by atoms with Crippen molar-refractivity contribution in [3.05, 3.63) is 35.6 Å². The van der Waals surface area contributed by atoms with Gasteiger partial charge in [0.25, 0.3) is 0 Å². The van der Waals surface area contributed by atoms with Gasteiger partial charge in [-0.25, -0.2) is 4.39 Å². The summed E-state index contributed by atoms with van der Waals surface area (Å²) in [5.41, 5.74) is 1.15. The quantitative estimate of drug-likeness (QED) is 0.801. The molecule has 3 rings (SSSR count). The summed E-state index contributed by atoms with van der Waals surface area (Å²) in [4.78, 5) is 4.75. The van der Waals surface area contributed by atoms with Gasteiger partial charge >= 0.3 is 0 Å². The standard InChI is InChI=1S/C18H27FN2O2/c1-20(13-15-4-6-16(19)7-5-15)8-9-21-10-12-23-18(14-21)17-3-2-11-22-17/h4-7,17-18H,2-3,8-14H2,1H3/t17-,18+/m1/s1. The molecule has 1 aromatic carbocycles. The Morgan fingerprint density at radius 2 is 1.96 bits per heavy atom. The molecule has 0 aliphatic carbocycles. The SMILES string of the molecule is CN(CCN1CCO[C@H]([C@H]2CCCO2)C1)Cc1ccc(F)cc1. The number of halogens is 1. The summed E-state index contributed by atoms with van der Waals surface area (Å²) in [5, 5.41) is 0. The first-order valence-electron chi connectivity index (χ1n) is 8.59. The van der Waals surface area contributed by atoms with Crippen LogP contribution in [0.5, 0.6) is 0 Å². The lowest BCUT2D eigenvalue weighted by atomic mass is 10.1. The Kier molecular flexibility index (Phi) is 6.00. The van der Waals surface area contributed by atoms with Crippen LogP contribution < -0.4 is 0 Å². The van der Waals surface area contributed by atoms with Crippen molar-refractivity contribution in [2.24, 2.45) is 0 Å². The van der Waals surface area contributed by atoms with Gasteiger partial charge in [-0.3, -0.25) is 4.90 Å². The third kappa shape index (κ3) is 4.98. The van der Waals surface area contributed by atoms with Crippen molar-refractivity contribution < 1.29 is 13.9 Å². The summed E-state index contributed by atoms with van der Waals surface area (Å²) in [6, 6.07) is 6.76. The van der Waals surface area contributed by atoms with Crippen LogP contribution in [-0.2, 0) is 16.0 Å².